The molecule has 7 heteroatoms. The summed E-state index contributed by atoms with van der Waals surface area (Å²) in [6.07, 6.45) is 1.60. The summed E-state index contributed by atoms with van der Waals surface area (Å²) in [5.41, 5.74) is 0.789. The molecule has 0 bridgehead atoms. The van der Waals surface area contributed by atoms with Crippen molar-refractivity contribution >= 4 is 17.5 Å². The molecule has 1 aromatic rings. The fraction of sp³-hybridized carbons (Fsp3) is 0.400. The first-order chi connectivity index (χ1) is 8.06. The van der Waals surface area contributed by atoms with Gasteiger partial charge in [-0.2, -0.15) is 0 Å². The zero-order chi connectivity index (χ0) is 12.4. The highest BCUT2D eigenvalue weighted by Gasteiger charge is 2.29. The number of rotatable bonds is 4. The minimum absolute atomic E-state index is 0.155. The first-order valence-electron chi connectivity index (χ1n) is 5.13. The molecule has 90 valence electrons. The topological polar surface area (TPSA) is 96.6 Å². The van der Waals surface area contributed by atoms with E-state index in [1.807, 2.05) is 4.90 Å². The Kier molecular flexibility index (Phi) is 2.90. The molecule has 0 spiro atoms. The second-order valence-electron chi connectivity index (χ2n) is 4.00. The second kappa shape index (κ2) is 4.36. The van der Waals surface area contributed by atoms with E-state index >= 15 is 0 Å². The monoisotopic (exact) mass is 237 g/mol. The van der Waals surface area contributed by atoms with Crippen LogP contribution in [-0.4, -0.2) is 34.1 Å². The molecule has 0 radical (unpaired) electrons. The lowest BCUT2D eigenvalue weighted by Crippen LogP contribution is -2.47. The van der Waals surface area contributed by atoms with Gasteiger partial charge in [-0.3, -0.25) is 4.79 Å². The van der Waals surface area contributed by atoms with Crippen molar-refractivity contribution in [1.29, 1.82) is 0 Å². The zero-order valence-electron chi connectivity index (χ0n) is 8.94. The van der Waals surface area contributed by atoms with E-state index < -0.39 is 10.9 Å². The van der Waals surface area contributed by atoms with Gasteiger partial charge in [0.05, 0.1) is 12.1 Å². The van der Waals surface area contributed by atoms with E-state index in [1.54, 1.807) is 6.07 Å². The summed E-state index contributed by atoms with van der Waals surface area (Å²) in [5.74, 6) is -0.824. The molecule has 0 atom stereocenters. The molecule has 2 heterocycles. The minimum Gasteiger partial charge on any atom is -0.481 e. The van der Waals surface area contributed by atoms with Gasteiger partial charge >= 0.3 is 11.8 Å². The van der Waals surface area contributed by atoms with Crippen LogP contribution < -0.4 is 4.90 Å². The van der Waals surface area contributed by atoms with Crippen LogP contribution >= 0.6 is 0 Å². The van der Waals surface area contributed by atoms with Gasteiger partial charge in [-0.15, -0.1) is 0 Å². The van der Waals surface area contributed by atoms with Gasteiger partial charge in [0.25, 0.3) is 0 Å². The highest BCUT2D eigenvalue weighted by atomic mass is 16.6. The quantitative estimate of drug-likeness (QED) is 0.617. The maximum Gasteiger partial charge on any atom is 0.363 e. The molecule has 0 saturated carbocycles. The van der Waals surface area contributed by atoms with Gasteiger partial charge in [-0.25, -0.2) is 0 Å². The van der Waals surface area contributed by atoms with Crippen LogP contribution in [0.3, 0.4) is 0 Å². The molecule has 1 N–H and O–H groups in total. The minimum atomic E-state index is -0.795. The van der Waals surface area contributed by atoms with Crippen LogP contribution in [-0.2, 0) is 4.79 Å². The molecule has 1 aromatic heterocycles. The first kappa shape index (κ1) is 11.3. The SMILES string of the molecule is O=C(O)CC1CN(c2ccc([N+](=O)[O-])nc2)C1. The van der Waals surface area contributed by atoms with Crippen molar-refractivity contribution in [2.45, 2.75) is 6.42 Å². The number of nitrogens with zero attached hydrogens (tertiary/aromatic N) is 3. The summed E-state index contributed by atoms with van der Waals surface area (Å²) < 4.78 is 0. The molecule has 1 aliphatic rings. The average molecular weight is 237 g/mol. The predicted molar refractivity (Wildman–Crippen MR) is 58.8 cm³/mol. The predicted octanol–water partition coefficient (Wildman–Crippen LogP) is 0.901. The van der Waals surface area contributed by atoms with Crippen LogP contribution in [0.15, 0.2) is 18.3 Å². The van der Waals surface area contributed by atoms with Crippen molar-refractivity contribution < 1.29 is 14.8 Å². The molecule has 0 aromatic carbocycles. The third kappa shape index (κ3) is 2.49. The highest BCUT2D eigenvalue weighted by molar-refractivity contribution is 5.67. The number of carboxylic acid groups (broad SMARTS) is 1. The van der Waals surface area contributed by atoms with Crippen LogP contribution in [0.2, 0.25) is 0 Å². The molecule has 0 unspecified atom stereocenters. The molecular formula is C10H11N3O4. The van der Waals surface area contributed by atoms with E-state index in [4.69, 9.17) is 5.11 Å². The number of pyridine rings is 1. The Balaban J connectivity index is 1.93. The van der Waals surface area contributed by atoms with Crippen LogP contribution in [0, 0.1) is 16.0 Å². The fourth-order valence-electron chi connectivity index (χ4n) is 1.83. The van der Waals surface area contributed by atoms with Gasteiger partial charge in [-0.1, -0.05) is 0 Å². The maximum absolute atomic E-state index is 10.5. The largest absolute Gasteiger partial charge is 0.481 e. The summed E-state index contributed by atoms with van der Waals surface area (Å²) in [6, 6.07) is 2.97. The Morgan fingerprint density at radius 3 is 2.76 bits per heavy atom. The Morgan fingerprint density at radius 1 is 1.59 bits per heavy atom. The molecule has 1 aliphatic heterocycles. The van der Waals surface area contributed by atoms with Crippen molar-refractivity contribution in [2.24, 2.45) is 5.92 Å². The van der Waals surface area contributed by atoms with E-state index in [0.29, 0.717) is 13.1 Å². The van der Waals surface area contributed by atoms with Gasteiger partial charge in [0.15, 0.2) is 6.20 Å². The maximum atomic E-state index is 10.5. The number of hydrogen-bond donors (Lipinski definition) is 1. The lowest BCUT2D eigenvalue weighted by Gasteiger charge is -2.39. The fourth-order valence-corrected chi connectivity index (χ4v) is 1.83. The summed E-state index contributed by atoms with van der Waals surface area (Å²) >= 11 is 0. The zero-order valence-corrected chi connectivity index (χ0v) is 8.94. The van der Waals surface area contributed by atoms with Crippen LogP contribution in [0.4, 0.5) is 11.5 Å². The molecule has 0 aliphatic carbocycles. The lowest BCUT2D eigenvalue weighted by atomic mass is 9.96. The Hall–Kier alpha value is -2.18. The first-order valence-corrected chi connectivity index (χ1v) is 5.13. The second-order valence-corrected chi connectivity index (χ2v) is 4.00. The highest BCUT2D eigenvalue weighted by Crippen LogP contribution is 2.26. The number of anilines is 1. The smallest absolute Gasteiger partial charge is 0.363 e. The average Bonchev–Trinajstić information content (AvgIpc) is 2.23. The van der Waals surface area contributed by atoms with E-state index in [-0.39, 0.29) is 18.2 Å². The van der Waals surface area contributed by atoms with E-state index in [9.17, 15) is 14.9 Å². The number of hydrogen-bond acceptors (Lipinski definition) is 5. The lowest BCUT2D eigenvalue weighted by molar-refractivity contribution is -0.389. The number of aliphatic carboxylic acids is 1. The molecule has 1 fully saturated rings. The van der Waals surface area contributed by atoms with Crippen molar-refractivity contribution in [3.05, 3.63) is 28.4 Å². The van der Waals surface area contributed by atoms with Crippen LogP contribution in [0.1, 0.15) is 6.42 Å². The van der Waals surface area contributed by atoms with Gasteiger partial charge in [0, 0.05) is 25.1 Å². The summed E-state index contributed by atoms with van der Waals surface area (Å²) in [4.78, 5) is 26.0. The third-order valence-electron chi connectivity index (χ3n) is 2.70. The number of aromatic nitrogens is 1. The van der Waals surface area contributed by atoms with Gasteiger partial charge in [0.2, 0.25) is 0 Å². The normalized spacial score (nSPS) is 15.4. The van der Waals surface area contributed by atoms with E-state index in [1.165, 1.54) is 12.3 Å². The van der Waals surface area contributed by atoms with E-state index in [0.717, 1.165) is 5.69 Å². The number of nitro groups is 1. The molecule has 17 heavy (non-hydrogen) atoms. The van der Waals surface area contributed by atoms with Crippen LogP contribution in [0.25, 0.3) is 0 Å². The van der Waals surface area contributed by atoms with Gasteiger partial charge in [-0.05, 0) is 16.0 Å². The number of carboxylic acids is 1. The number of carbonyl (C=O) groups is 1. The van der Waals surface area contributed by atoms with Crippen molar-refractivity contribution in [3.63, 3.8) is 0 Å². The molecule has 1 saturated heterocycles. The molecule has 2 rings (SSSR count). The third-order valence-corrected chi connectivity index (χ3v) is 2.70. The van der Waals surface area contributed by atoms with Gasteiger partial charge < -0.3 is 20.1 Å². The summed E-state index contributed by atoms with van der Waals surface area (Å²) in [5, 5.41) is 19.0. The van der Waals surface area contributed by atoms with Crippen molar-refractivity contribution in [1.82, 2.24) is 4.98 Å². The summed E-state index contributed by atoms with van der Waals surface area (Å²) in [7, 11) is 0. The van der Waals surface area contributed by atoms with Crippen LogP contribution in [0.5, 0.6) is 0 Å². The molecule has 0 amide bonds. The summed E-state index contributed by atoms with van der Waals surface area (Å²) in [6.45, 7) is 1.32. The van der Waals surface area contributed by atoms with Crippen molar-refractivity contribution in [2.75, 3.05) is 18.0 Å². The Bertz CT molecular complexity index is 439. The Morgan fingerprint density at radius 2 is 2.29 bits per heavy atom. The standard InChI is InChI=1S/C10H11N3O4/c14-10(15)3-7-5-12(6-7)8-1-2-9(11-4-8)13(16)17/h1-2,4,7H,3,5-6H2,(H,14,15). The van der Waals surface area contributed by atoms with Gasteiger partial charge in [0.1, 0.15) is 0 Å². The van der Waals surface area contributed by atoms with Crippen molar-refractivity contribution in [3.8, 4) is 0 Å². The molecule has 7 nitrogen and oxygen atoms in total. The van der Waals surface area contributed by atoms with E-state index in [2.05, 4.69) is 4.98 Å². The molecular weight excluding hydrogens is 226 g/mol. The Labute approximate surface area is 96.8 Å².